The van der Waals surface area contributed by atoms with Gasteiger partial charge >= 0.3 is 6.09 Å². The van der Waals surface area contributed by atoms with Gasteiger partial charge in [0.05, 0.1) is 0 Å². The number of hydrogen-bond donors (Lipinski definition) is 0. The lowest BCUT2D eigenvalue weighted by Crippen LogP contribution is -2.48. The molecule has 3 aliphatic rings. The quantitative estimate of drug-likeness (QED) is 0.781. The van der Waals surface area contributed by atoms with E-state index >= 15 is 0 Å². The maximum Gasteiger partial charge on any atom is 0.410 e. The van der Waals surface area contributed by atoms with E-state index in [1.54, 1.807) is 4.90 Å². The van der Waals surface area contributed by atoms with Crippen molar-refractivity contribution in [2.24, 2.45) is 0 Å². The highest BCUT2D eigenvalue weighted by Crippen LogP contribution is 2.34. The van der Waals surface area contributed by atoms with Crippen molar-refractivity contribution in [1.29, 1.82) is 0 Å². The summed E-state index contributed by atoms with van der Waals surface area (Å²) in [6.07, 6.45) is 4.54. The van der Waals surface area contributed by atoms with Crippen LogP contribution in [0.1, 0.15) is 52.0 Å². The predicted molar refractivity (Wildman–Crippen MR) is 110 cm³/mol. The summed E-state index contributed by atoms with van der Waals surface area (Å²) in [5, 5.41) is 0. The summed E-state index contributed by atoms with van der Waals surface area (Å²) in [5.74, 6) is 0.0241. The number of likely N-dealkylation sites (tertiary alicyclic amines) is 1. The molecular weight excluding hydrogens is 354 g/mol. The normalized spacial score (nSPS) is 22.0. The molecule has 3 heterocycles. The first-order valence-electron chi connectivity index (χ1n) is 10.5. The molecule has 4 rings (SSSR count). The summed E-state index contributed by atoms with van der Waals surface area (Å²) in [6.45, 7) is 9.07. The molecule has 0 radical (unpaired) electrons. The van der Waals surface area contributed by atoms with Gasteiger partial charge in [-0.1, -0.05) is 0 Å². The van der Waals surface area contributed by atoms with Gasteiger partial charge in [0, 0.05) is 37.6 Å². The molecule has 0 saturated carbocycles. The van der Waals surface area contributed by atoms with Crippen molar-refractivity contribution in [3.05, 3.63) is 23.8 Å². The first-order chi connectivity index (χ1) is 13.3. The van der Waals surface area contributed by atoms with E-state index in [1.165, 1.54) is 24.1 Å². The Morgan fingerprint density at radius 2 is 1.79 bits per heavy atom. The fourth-order valence-electron chi connectivity index (χ4n) is 4.53. The number of nitrogens with zero attached hydrogens (tertiary/aromatic N) is 3. The SMILES string of the molecule is CC(C)(C)OC(=O)N1CCCC1C(=O)N1CCc2cc(N3CCCC3)ccc21. The predicted octanol–water partition coefficient (Wildman–Crippen LogP) is 3.58. The van der Waals surface area contributed by atoms with Crippen LogP contribution < -0.4 is 9.80 Å². The topological polar surface area (TPSA) is 53.1 Å². The number of carbonyl (C=O) groups excluding carboxylic acids is 2. The molecule has 152 valence electrons. The number of carbonyl (C=O) groups is 2. The smallest absolute Gasteiger partial charge is 0.410 e. The number of hydrogen-bond acceptors (Lipinski definition) is 4. The monoisotopic (exact) mass is 385 g/mol. The average Bonchev–Trinajstić information content (AvgIpc) is 3.38. The molecule has 0 N–H and O–H groups in total. The van der Waals surface area contributed by atoms with Crippen molar-refractivity contribution >= 4 is 23.4 Å². The fourth-order valence-corrected chi connectivity index (χ4v) is 4.53. The molecule has 0 spiro atoms. The van der Waals surface area contributed by atoms with Crippen LogP contribution in [0.4, 0.5) is 16.2 Å². The van der Waals surface area contributed by atoms with Crippen LogP contribution in [-0.2, 0) is 16.0 Å². The van der Waals surface area contributed by atoms with Gasteiger partial charge in [-0.3, -0.25) is 9.69 Å². The first-order valence-corrected chi connectivity index (χ1v) is 10.5. The molecule has 28 heavy (non-hydrogen) atoms. The van der Waals surface area contributed by atoms with Gasteiger partial charge in [-0.25, -0.2) is 4.79 Å². The molecule has 2 saturated heterocycles. The van der Waals surface area contributed by atoms with Gasteiger partial charge in [0.25, 0.3) is 0 Å². The Labute approximate surface area is 167 Å². The summed E-state index contributed by atoms with van der Waals surface area (Å²) in [4.78, 5) is 31.8. The van der Waals surface area contributed by atoms with Gasteiger partial charge in [-0.05, 0) is 76.6 Å². The minimum absolute atomic E-state index is 0.0241. The van der Waals surface area contributed by atoms with Crippen LogP contribution in [0.25, 0.3) is 0 Å². The number of fused-ring (bicyclic) bond motifs is 1. The second kappa shape index (κ2) is 7.30. The van der Waals surface area contributed by atoms with Crippen molar-refractivity contribution in [3.63, 3.8) is 0 Å². The van der Waals surface area contributed by atoms with Gasteiger partial charge in [-0.15, -0.1) is 0 Å². The van der Waals surface area contributed by atoms with Crippen molar-refractivity contribution < 1.29 is 14.3 Å². The number of anilines is 2. The molecule has 0 aliphatic carbocycles. The maximum atomic E-state index is 13.3. The lowest BCUT2D eigenvalue weighted by molar-refractivity contribution is -0.122. The molecule has 3 aliphatic heterocycles. The van der Waals surface area contributed by atoms with Crippen LogP contribution in [-0.4, -0.2) is 54.7 Å². The summed E-state index contributed by atoms with van der Waals surface area (Å²) in [6, 6.07) is 6.05. The lowest BCUT2D eigenvalue weighted by atomic mass is 10.1. The summed E-state index contributed by atoms with van der Waals surface area (Å²) < 4.78 is 5.52. The standard InChI is InChI=1S/C22H31N3O3/c1-22(2,3)28-21(27)25-13-6-7-19(25)20(26)24-14-10-16-15-17(8-9-18(16)24)23-11-4-5-12-23/h8-9,15,19H,4-7,10-14H2,1-3H3. The van der Waals surface area contributed by atoms with Crippen molar-refractivity contribution in [2.45, 2.75) is 64.5 Å². The van der Waals surface area contributed by atoms with E-state index in [0.717, 1.165) is 31.6 Å². The molecule has 6 heteroatoms. The highest BCUT2D eigenvalue weighted by molar-refractivity contribution is 6.00. The van der Waals surface area contributed by atoms with E-state index in [4.69, 9.17) is 4.74 Å². The first kappa shape index (κ1) is 19.1. The van der Waals surface area contributed by atoms with Crippen LogP contribution in [0.2, 0.25) is 0 Å². The summed E-state index contributed by atoms with van der Waals surface area (Å²) in [5.41, 5.74) is 2.95. The number of benzene rings is 1. The second-order valence-corrected chi connectivity index (χ2v) is 9.08. The molecule has 2 fully saturated rings. The van der Waals surface area contributed by atoms with Gasteiger partial charge < -0.3 is 14.5 Å². The van der Waals surface area contributed by atoms with Crippen LogP contribution in [0.15, 0.2) is 18.2 Å². The largest absolute Gasteiger partial charge is 0.444 e. The minimum Gasteiger partial charge on any atom is -0.444 e. The van der Waals surface area contributed by atoms with E-state index < -0.39 is 11.6 Å². The Bertz CT molecular complexity index is 765. The molecule has 6 nitrogen and oxygen atoms in total. The van der Waals surface area contributed by atoms with Crippen molar-refractivity contribution in [3.8, 4) is 0 Å². The van der Waals surface area contributed by atoms with Gasteiger partial charge in [-0.2, -0.15) is 0 Å². The Kier molecular flexibility index (Phi) is 4.98. The maximum absolute atomic E-state index is 13.3. The van der Waals surface area contributed by atoms with Crippen LogP contribution >= 0.6 is 0 Å². The Hall–Kier alpha value is -2.24. The molecule has 1 atom stereocenters. The van der Waals surface area contributed by atoms with Crippen LogP contribution in [0.5, 0.6) is 0 Å². The third kappa shape index (κ3) is 3.69. The van der Waals surface area contributed by atoms with Gasteiger partial charge in [0.2, 0.25) is 5.91 Å². The zero-order chi connectivity index (χ0) is 19.9. The van der Waals surface area contributed by atoms with E-state index in [9.17, 15) is 9.59 Å². The zero-order valence-corrected chi connectivity index (χ0v) is 17.2. The Balaban J connectivity index is 1.49. The molecule has 2 amide bonds. The van der Waals surface area contributed by atoms with Crippen LogP contribution in [0, 0.1) is 0 Å². The van der Waals surface area contributed by atoms with E-state index in [-0.39, 0.29) is 12.0 Å². The number of rotatable bonds is 2. The van der Waals surface area contributed by atoms with Crippen molar-refractivity contribution in [1.82, 2.24) is 4.90 Å². The number of ether oxygens (including phenoxy) is 1. The molecule has 1 unspecified atom stereocenters. The zero-order valence-electron chi connectivity index (χ0n) is 17.2. The molecule has 0 bridgehead atoms. The van der Waals surface area contributed by atoms with Gasteiger partial charge in [0.1, 0.15) is 11.6 Å². The minimum atomic E-state index is -0.556. The summed E-state index contributed by atoms with van der Waals surface area (Å²) in [7, 11) is 0. The fraction of sp³-hybridized carbons (Fsp3) is 0.636. The lowest BCUT2D eigenvalue weighted by Gasteiger charge is -2.30. The molecule has 1 aromatic carbocycles. The second-order valence-electron chi connectivity index (χ2n) is 9.08. The molecule has 1 aromatic rings. The van der Waals surface area contributed by atoms with Crippen molar-refractivity contribution in [2.75, 3.05) is 36.0 Å². The Morgan fingerprint density at radius 3 is 2.50 bits per heavy atom. The van der Waals surface area contributed by atoms with Crippen LogP contribution in [0.3, 0.4) is 0 Å². The van der Waals surface area contributed by atoms with Gasteiger partial charge in [0.15, 0.2) is 0 Å². The number of amides is 2. The van der Waals surface area contributed by atoms with E-state index in [1.807, 2.05) is 25.7 Å². The third-order valence-corrected chi connectivity index (χ3v) is 5.86. The molecular formula is C22H31N3O3. The third-order valence-electron chi connectivity index (χ3n) is 5.86. The average molecular weight is 386 g/mol. The van der Waals surface area contributed by atoms with E-state index in [0.29, 0.717) is 19.5 Å². The highest BCUT2D eigenvalue weighted by Gasteiger charge is 2.40. The molecule has 0 aromatic heterocycles. The summed E-state index contributed by atoms with van der Waals surface area (Å²) >= 11 is 0. The van der Waals surface area contributed by atoms with E-state index in [2.05, 4.69) is 23.1 Å². The Morgan fingerprint density at radius 1 is 1.04 bits per heavy atom. The highest BCUT2D eigenvalue weighted by atomic mass is 16.6.